The molecular weight excluding hydrogens is 352 g/mol. The number of nitrogens with two attached hydrogens (primary N) is 1. The van der Waals surface area contributed by atoms with Gasteiger partial charge in [0.2, 0.25) is 0 Å². The van der Waals surface area contributed by atoms with Crippen molar-refractivity contribution in [2.24, 2.45) is 5.84 Å². The van der Waals surface area contributed by atoms with Crippen molar-refractivity contribution in [1.29, 1.82) is 0 Å². The second-order valence-corrected chi connectivity index (χ2v) is 5.63. The highest BCUT2D eigenvalue weighted by Crippen LogP contribution is 2.20. The second kappa shape index (κ2) is 5.85. The lowest BCUT2D eigenvalue weighted by Gasteiger charge is -2.15. The predicted molar refractivity (Wildman–Crippen MR) is 82.1 cm³/mol. The highest BCUT2D eigenvalue weighted by atomic mass is 79.9. The second-order valence-electron chi connectivity index (χ2n) is 4.78. The number of carbonyl (C=O) groups excluding carboxylic acids is 1. The van der Waals surface area contributed by atoms with Gasteiger partial charge in [-0.3, -0.25) is 0 Å². The van der Waals surface area contributed by atoms with Gasteiger partial charge in [0.25, 0.3) is 0 Å². The Morgan fingerprint density at radius 2 is 2.09 bits per heavy atom. The number of rotatable bonds is 2. The average Bonchev–Trinajstić information content (AvgIpc) is 3.16. The van der Waals surface area contributed by atoms with Gasteiger partial charge >= 0.3 is 11.7 Å². The number of benzene rings is 1. The molecule has 0 aliphatic heterocycles. The van der Waals surface area contributed by atoms with Gasteiger partial charge in [0.05, 0.1) is 5.69 Å². The minimum Gasteiger partial charge on any atom is -0.244 e. The van der Waals surface area contributed by atoms with E-state index in [0.29, 0.717) is 27.0 Å². The molecule has 0 saturated heterocycles. The van der Waals surface area contributed by atoms with Crippen LogP contribution >= 0.6 is 15.9 Å². The molecule has 1 heterocycles. The number of hydrogen-bond acceptors (Lipinski definition) is 5. The van der Waals surface area contributed by atoms with Gasteiger partial charge in [0, 0.05) is 10.2 Å². The summed E-state index contributed by atoms with van der Waals surface area (Å²) < 4.78 is 2.36. The third kappa shape index (κ3) is 2.48. The molecule has 1 aliphatic rings. The molecule has 0 unspecified atom stereocenters. The fourth-order valence-corrected chi connectivity index (χ4v) is 2.69. The van der Waals surface area contributed by atoms with Crippen LogP contribution in [-0.4, -0.2) is 30.8 Å². The Morgan fingerprint density at radius 1 is 1.32 bits per heavy atom. The summed E-state index contributed by atoms with van der Waals surface area (Å²) in [5.74, 6) is 5.77. The zero-order valence-electron chi connectivity index (χ0n) is 11.5. The lowest BCUT2D eigenvalue weighted by molar-refractivity contribution is 0.208. The maximum Gasteiger partial charge on any atom is 0.377 e. The number of tetrazole rings is 1. The number of aromatic nitrogens is 4. The fourth-order valence-electron chi connectivity index (χ4n) is 2.24. The molecule has 0 atom stereocenters. The largest absolute Gasteiger partial charge is 0.377 e. The van der Waals surface area contributed by atoms with Crippen molar-refractivity contribution in [2.45, 2.75) is 19.3 Å². The summed E-state index contributed by atoms with van der Waals surface area (Å²) >= 11 is 3.33. The van der Waals surface area contributed by atoms with E-state index in [9.17, 15) is 9.59 Å². The Labute approximate surface area is 133 Å². The van der Waals surface area contributed by atoms with Crippen molar-refractivity contribution in [3.05, 3.63) is 51.0 Å². The van der Waals surface area contributed by atoms with Crippen LogP contribution in [0.4, 0.5) is 4.79 Å². The summed E-state index contributed by atoms with van der Waals surface area (Å²) in [6, 6.07) is 6.29. The minimum absolute atomic E-state index is 0.496. The van der Waals surface area contributed by atoms with Gasteiger partial charge in [0.15, 0.2) is 0 Å². The normalized spacial score (nSPS) is 14.0. The minimum atomic E-state index is -0.726. The maximum atomic E-state index is 12.3. The van der Waals surface area contributed by atoms with Crippen LogP contribution in [0, 0.1) is 0 Å². The Balaban J connectivity index is 1.96. The highest BCUT2D eigenvalue weighted by Gasteiger charge is 2.23. The Morgan fingerprint density at radius 3 is 2.77 bits per heavy atom. The number of para-hydroxylation sites is 1. The van der Waals surface area contributed by atoms with Crippen molar-refractivity contribution in [3.8, 4) is 5.69 Å². The number of nitrogens with zero attached hydrogens (tertiary/aromatic N) is 5. The van der Waals surface area contributed by atoms with E-state index in [1.54, 1.807) is 18.2 Å². The first kappa shape index (κ1) is 14.7. The molecule has 22 heavy (non-hydrogen) atoms. The number of hydrazine groups is 1. The van der Waals surface area contributed by atoms with Gasteiger partial charge in [-0.2, -0.15) is 4.68 Å². The topological polar surface area (TPSA) is 99.0 Å². The predicted octanol–water partition coefficient (Wildman–Crippen LogP) is 1.40. The number of halogens is 1. The summed E-state index contributed by atoms with van der Waals surface area (Å²) in [7, 11) is 0. The molecule has 0 radical (unpaired) electrons. The summed E-state index contributed by atoms with van der Waals surface area (Å²) in [6.07, 6.45) is 4.39. The lowest BCUT2D eigenvalue weighted by Crippen LogP contribution is -2.44. The highest BCUT2D eigenvalue weighted by molar-refractivity contribution is 9.10. The molecule has 2 aromatic rings. The molecule has 3 rings (SSSR count). The Kier molecular flexibility index (Phi) is 3.90. The molecule has 0 saturated carbocycles. The van der Waals surface area contributed by atoms with Crippen LogP contribution in [0.15, 0.2) is 45.3 Å². The van der Waals surface area contributed by atoms with E-state index < -0.39 is 11.7 Å². The van der Waals surface area contributed by atoms with Crippen molar-refractivity contribution >= 4 is 22.0 Å². The van der Waals surface area contributed by atoms with Crippen molar-refractivity contribution in [1.82, 2.24) is 24.8 Å². The van der Waals surface area contributed by atoms with E-state index in [4.69, 9.17) is 5.84 Å². The molecule has 9 heteroatoms. The van der Waals surface area contributed by atoms with Crippen molar-refractivity contribution < 1.29 is 4.79 Å². The first-order valence-electron chi connectivity index (χ1n) is 6.67. The van der Waals surface area contributed by atoms with Crippen molar-refractivity contribution in [2.75, 3.05) is 0 Å². The van der Waals surface area contributed by atoms with Gasteiger partial charge < -0.3 is 0 Å². The van der Waals surface area contributed by atoms with Crippen molar-refractivity contribution in [3.63, 3.8) is 0 Å². The summed E-state index contributed by atoms with van der Waals surface area (Å²) in [6.45, 7) is 0. The number of allylic oxidation sites excluding steroid dienone is 2. The molecule has 1 aliphatic carbocycles. The first-order chi connectivity index (χ1) is 10.6. The van der Waals surface area contributed by atoms with E-state index in [0.717, 1.165) is 22.5 Å². The molecule has 8 nitrogen and oxygen atoms in total. The monoisotopic (exact) mass is 364 g/mol. The van der Waals surface area contributed by atoms with E-state index in [1.807, 2.05) is 12.1 Å². The fraction of sp³-hybridized carbons (Fsp3) is 0.231. The van der Waals surface area contributed by atoms with Gasteiger partial charge in [-0.25, -0.2) is 20.4 Å². The van der Waals surface area contributed by atoms with Gasteiger partial charge in [-0.05, 0) is 57.8 Å². The van der Waals surface area contributed by atoms with Crippen LogP contribution < -0.4 is 11.5 Å². The Hall–Kier alpha value is -2.26. The molecule has 0 spiro atoms. The third-order valence-corrected chi connectivity index (χ3v) is 4.05. The molecule has 1 aromatic carbocycles. The van der Waals surface area contributed by atoms with Crippen LogP contribution in [-0.2, 0) is 0 Å². The van der Waals surface area contributed by atoms with E-state index >= 15 is 0 Å². The zero-order chi connectivity index (χ0) is 15.7. The standard InChI is InChI=1S/C13H13BrN6O2/c14-10-7-3-4-8-11(10)19-13(22)20(17-16-19)12(21)18(15)9-5-1-2-6-9/h3-5,7-8H,1-2,6,15H2. The number of carbonyl (C=O) groups is 1. The maximum absolute atomic E-state index is 12.3. The molecule has 0 bridgehead atoms. The molecule has 1 aromatic heterocycles. The van der Waals surface area contributed by atoms with Crippen LogP contribution in [0.2, 0.25) is 0 Å². The first-order valence-corrected chi connectivity index (χ1v) is 7.47. The third-order valence-electron chi connectivity index (χ3n) is 3.38. The summed E-state index contributed by atoms with van der Waals surface area (Å²) in [5.41, 5.74) is 0.508. The number of hydrogen-bond donors (Lipinski definition) is 1. The van der Waals surface area contributed by atoms with E-state index in [2.05, 4.69) is 26.4 Å². The van der Waals surface area contributed by atoms with Crippen LogP contribution in [0.3, 0.4) is 0 Å². The van der Waals surface area contributed by atoms with Gasteiger partial charge in [0.1, 0.15) is 0 Å². The van der Waals surface area contributed by atoms with E-state index in [1.165, 1.54) is 0 Å². The zero-order valence-corrected chi connectivity index (χ0v) is 13.1. The van der Waals surface area contributed by atoms with Crippen LogP contribution in [0.5, 0.6) is 0 Å². The number of amides is 1. The average molecular weight is 365 g/mol. The van der Waals surface area contributed by atoms with Gasteiger partial charge in [-0.15, -0.1) is 4.68 Å². The Bertz CT molecular complexity index is 809. The summed E-state index contributed by atoms with van der Waals surface area (Å²) in [4.78, 5) is 24.6. The van der Waals surface area contributed by atoms with Crippen LogP contribution in [0.25, 0.3) is 5.69 Å². The molecule has 2 N–H and O–H groups in total. The lowest BCUT2D eigenvalue weighted by atomic mass is 10.3. The summed E-state index contributed by atoms with van der Waals surface area (Å²) in [5, 5.41) is 8.32. The molecular formula is C13H13BrN6O2. The quantitative estimate of drug-likeness (QED) is 0.375. The SMILES string of the molecule is NN(C(=O)n1nnn(-c2ccccc2Br)c1=O)C1=CCCC1. The molecule has 114 valence electrons. The van der Waals surface area contributed by atoms with Gasteiger partial charge in [-0.1, -0.05) is 18.2 Å². The van der Waals surface area contributed by atoms with E-state index in [-0.39, 0.29) is 0 Å². The van der Waals surface area contributed by atoms with Crippen LogP contribution in [0.1, 0.15) is 19.3 Å². The molecule has 0 fully saturated rings. The smallest absolute Gasteiger partial charge is 0.244 e. The molecule has 1 amide bonds.